The van der Waals surface area contributed by atoms with Gasteiger partial charge in [-0.25, -0.2) is 0 Å². The molecule has 0 radical (unpaired) electrons. The van der Waals surface area contributed by atoms with E-state index < -0.39 is 0 Å². The minimum absolute atomic E-state index is 0.0390. The smallest absolute Gasteiger partial charge is 0.0635 e. The molecule has 0 aliphatic carbocycles. The topological polar surface area (TPSA) is 58.3 Å². The third-order valence-corrected chi connectivity index (χ3v) is 3.16. The highest BCUT2D eigenvalue weighted by Gasteiger charge is 2.14. The Morgan fingerprint density at radius 1 is 1.31 bits per heavy atom. The van der Waals surface area contributed by atoms with E-state index in [1.165, 1.54) is 0 Å². The lowest BCUT2D eigenvalue weighted by atomic mass is 10.0. The predicted molar refractivity (Wildman–Crippen MR) is 70.2 cm³/mol. The van der Waals surface area contributed by atoms with Crippen molar-refractivity contribution in [3.8, 4) is 0 Å². The molecule has 0 unspecified atom stereocenters. The number of hydrogen-bond donors (Lipinski definition) is 3. The van der Waals surface area contributed by atoms with Crippen LogP contribution in [0, 0.1) is 5.92 Å². The van der Waals surface area contributed by atoms with Gasteiger partial charge in [0.15, 0.2) is 0 Å². The maximum absolute atomic E-state index is 9.21. The zero-order valence-electron chi connectivity index (χ0n) is 9.30. The fourth-order valence-corrected chi connectivity index (χ4v) is 1.65. The van der Waals surface area contributed by atoms with Crippen LogP contribution in [0.1, 0.15) is 13.8 Å². The van der Waals surface area contributed by atoms with Crippen LogP contribution < -0.4 is 11.1 Å². The summed E-state index contributed by atoms with van der Waals surface area (Å²) in [6, 6.07) is 3.21. The van der Waals surface area contributed by atoms with E-state index in [0.29, 0.717) is 27.3 Å². The maximum atomic E-state index is 9.21. The highest BCUT2D eigenvalue weighted by atomic mass is 35.5. The van der Waals surface area contributed by atoms with Gasteiger partial charge in [0.25, 0.3) is 0 Å². The van der Waals surface area contributed by atoms with Crippen molar-refractivity contribution in [2.45, 2.75) is 19.9 Å². The fraction of sp³-hybridized carbons (Fsp3) is 0.455. The van der Waals surface area contributed by atoms with Crippen molar-refractivity contribution >= 4 is 34.6 Å². The highest BCUT2D eigenvalue weighted by Crippen LogP contribution is 2.31. The first-order valence-corrected chi connectivity index (χ1v) is 5.83. The third-order valence-electron chi connectivity index (χ3n) is 2.43. The van der Waals surface area contributed by atoms with Crippen LogP contribution in [0.15, 0.2) is 12.1 Å². The summed E-state index contributed by atoms with van der Waals surface area (Å²) in [4.78, 5) is 0. The van der Waals surface area contributed by atoms with E-state index in [2.05, 4.69) is 5.32 Å². The van der Waals surface area contributed by atoms with Crippen molar-refractivity contribution in [3.05, 3.63) is 22.2 Å². The highest BCUT2D eigenvalue weighted by molar-refractivity contribution is 6.42. The van der Waals surface area contributed by atoms with Crippen LogP contribution in [0.4, 0.5) is 11.4 Å². The molecule has 1 atom stereocenters. The van der Waals surface area contributed by atoms with Gasteiger partial charge < -0.3 is 16.2 Å². The molecule has 1 aromatic carbocycles. The lowest BCUT2D eigenvalue weighted by Gasteiger charge is -2.22. The molecule has 16 heavy (non-hydrogen) atoms. The average molecular weight is 263 g/mol. The number of rotatable bonds is 4. The van der Waals surface area contributed by atoms with Crippen molar-refractivity contribution < 1.29 is 5.11 Å². The summed E-state index contributed by atoms with van der Waals surface area (Å²) in [7, 11) is 0. The molecule has 0 aliphatic rings. The van der Waals surface area contributed by atoms with Crippen molar-refractivity contribution in [2.24, 2.45) is 5.92 Å². The standard InChI is InChI=1S/C11H16Cl2N2O/c1-6(2)11(5-16)15-10-4-8(13)7(12)3-9(10)14/h3-4,6,11,15-16H,5,14H2,1-2H3/t11-/m1/s1. The summed E-state index contributed by atoms with van der Waals surface area (Å²) in [6.45, 7) is 4.07. The number of halogens is 2. The Morgan fingerprint density at radius 2 is 1.88 bits per heavy atom. The van der Waals surface area contributed by atoms with Crippen molar-refractivity contribution in [1.29, 1.82) is 0 Å². The summed E-state index contributed by atoms with van der Waals surface area (Å²) < 4.78 is 0. The largest absolute Gasteiger partial charge is 0.397 e. The van der Waals surface area contributed by atoms with Crippen LogP contribution in [0.25, 0.3) is 0 Å². The normalized spacial score (nSPS) is 12.9. The zero-order chi connectivity index (χ0) is 12.3. The van der Waals surface area contributed by atoms with Crippen LogP contribution in [0.2, 0.25) is 10.0 Å². The van der Waals surface area contributed by atoms with Crippen LogP contribution in [-0.4, -0.2) is 17.8 Å². The number of hydrogen-bond acceptors (Lipinski definition) is 3. The van der Waals surface area contributed by atoms with Gasteiger partial charge in [-0.1, -0.05) is 37.0 Å². The number of nitrogens with one attached hydrogen (secondary N) is 1. The summed E-state index contributed by atoms with van der Waals surface area (Å²) in [5.74, 6) is 0.291. The van der Waals surface area contributed by atoms with Crippen LogP contribution in [0.3, 0.4) is 0 Å². The number of nitrogen functional groups attached to an aromatic ring is 1. The SMILES string of the molecule is CC(C)[C@@H](CO)Nc1cc(Cl)c(Cl)cc1N. The Bertz CT molecular complexity index is 369. The molecule has 1 aromatic rings. The molecule has 5 heteroatoms. The Labute approximate surface area is 106 Å². The number of benzene rings is 1. The summed E-state index contributed by atoms with van der Waals surface area (Å²) >= 11 is 11.7. The molecule has 90 valence electrons. The first-order valence-electron chi connectivity index (χ1n) is 5.07. The van der Waals surface area contributed by atoms with Gasteiger partial charge in [-0.15, -0.1) is 0 Å². The van der Waals surface area contributed by atoms with E-state index in [1.54, 1.807) is 12.1 Å². The molecular weight excluding hydrogens is 247 g/mol. The Balaban J connectivity index is 2.92. The van der Waals surface area contributed by atoms with Gasteiger partial charge in [-0.2, -0.15) is 0 Å². The van der Waals surface area contributed by atoms with Crippen molar-refractivity contribution in [3.63, 3.8) is 0 Å². The van der Waals surface area contributed by atoms with Gasteiger partial charge in [0.05, 0.1) is 34.1 Å². The Kier molecular flexibility index (Phi) is 4.71. The zero-order valence-corrected chi connectivity index (χ0v) is 10.8. The molecule has 0 aromatic heterocycles. The predicted octanol–water partition coefficient (Wildman–Crippen LogP) is 3.00. The minimum Gasteiger partial charge on any atom is -0.397 e. The number of nitrogens with two attached hydrogens (primary N) is 1. The molecule has 0 bridgehead atoms. The number of aliphatic hydroxyl groups is 1. The molecule has 1 rings (SSSR count). The number of aliphatic hydroxyl groups excluding tert-OH is 1. The fourth-order valence-electron chi connectivity index (χ4n) is 1.31. The van der Waals surface area contributed by atoms with Crippen molar-refractivity contribution in [2.75, 3.05) is 17.7 Å². The van der Waals surface area contributed by atoms with E-state index in [9.17, 15) is 5.11 Å². The second-order valence-electron chi connectivity index (χ2n) is 4.03. The lowest BCUT2D eigenvalue weighted by molar-refractivity contribution is 0.249. The van der Waals surface area contributed by atoms with Crippen LogP contribution >= 0.6 is 23.2 Å². The molecule has 3 nitrogen and oxygen atoms in total. The Hall–Kier alpha value is -0.640. The molecule has 0 saturated carbocycles. The summed E-state index contributed by atoms with van der Waals surface area (Å²) in [6.07, 6.45) is 0. The molecule has 0 saturated heterocycles. The van der Waals surface area contributed by atoms with Gasteiger partial charge in [-0.3, -0.25) is 0 Å². The number of anilines is 2. The second-order valence-corrected chi connectivity index (χ2v) is 4.85. The summed E-state index contributed by atoms with van der Waals surface area (Å²) in [5.41, 5.74) is 7.02. The lowest BCUT2D eigenvalue weighted by Crippen LogP contribution is -2.29. The van der Waals surface area contributed by atoms with Gasteiger partial charge in [0, 0.05) is 0 Å². The Morgan fingerprint density at radius 3 is 2.38 bits per heavy atom. The van der Waals surface area contributed by atoms with E-state index in [4.69, 9.17) is 28.9 Å². The maximum Gasteiger partial charge on any atom is 0.0635 e. The molecule has 0 heterocycles. The third kappa shape index (κ3) is 3.17. The van der Waals surface area contributed by atoms with Gasteiger partial charge >= 0.3 is 0 Å². The monoisotopic (exact) mass is 262 g/mol. The van der Waals surface area contributed by atoms with Gasteiger partial charge in [0.2, 0.25) is 0 Å². The molecule has 0 fully saturated rings. The van der Waals surface area contributed by atoms with Gasteiger partial charge in [-0.05, 0) is 18.1 Å². The van der Waals surface area contributed by atoms with E-state index in [-0.39, 0.29) is 12.6 Å². The minimum atomic E-state index is -0.0560. The van der Waals surface area contributed by atoms with E-state index in [1.807, 2.05) is 13.8 Å². The summed E-state index contributed by atoms with van der Waals surface area (Å²) in [5, 5.41) is 13.2. The van der Waals surface area contributed by atoms with Crippen molar-refractivity contribution in [1.82, 2.24) is 0 Å². The van der Waals surface area contributed by atoms with Crippen LogP contribution in [-0.2, 0) is 0 Å². The van der Waals surface area contributed by atoms with E-state index >= 15 is 0 Å². The van der Waals surface area contributed by atoms with Gasteiger partial charge in [0.1, 0.15) is 0 Å². The second kappa shape index (κ2) is 5.62. The molecule has 0 aliphatic heterocycles. The molecule has 0 amide bonds. The van der Waals surface area contributed by atoms with Crippen LogP contribution in [0.5, 0.6) is 0 Å². The molecule has 4 N–H and O–H groups in total. The first-order chi connectivity index (χ1) is 7.45. The van der Waals surface area contributed by atoms with E-state index in [0.717, 1.165) is 0 Å². The quantitative estimate of drug-likeness (QED) is 0.732. The first kappa shape index (κ1) is 13.4. The molecular formula is C11H16Cl2N2O. The molecule has 0 spiro atoms. The average Bonchev–Trinajstić information content (AvgIpc) is 2.21.